The first-order valence-corrected chi connectivity index (χ1v) is 7.75. The highest BCUT2D eigenvalue weighted by molar-refractivity contribution is 9.10. The van der Waals surface area contributed by atoms with Crippen LogP contribution in [0, 0.1) is 6.92 Å². The average molecular weight is 341 g/mol. The van der Waals surface area contributed by atoms with Crippen LogP contribution in [0.2, 0.25) is 0 Å². The summed E-state index contributed by atoms with van der Waals surface area (Å²) in [4.78, 5) is 12.3. The van der Waals surface area contributed by atoms with Gasteiger partial charge in [0.05, 0.1) is 6.54 Å². The molecule has 2 aromatic rings. The van der Waals surface area contributed by atoms with Crippen LogP contribution >= 0.6 is 27.3 Å². The maximum absolute atomic E-state index is 5.95. The number of nitrogens with zero attached hydrogens (tertiary/aromatic N) is 3. The molecule has 0 saturated heterocycles. The van der Waals surface area contributed by atoms with Gasteiger partial charge in [-0.3, -0.25) is 0 Å². The Morgan fingerprint density at radius 2 is 2.16 bits per heavy atom. The van der Waals surface area contributed by atoms with Gasteiger partial charge in [-0.2, -0.15) is 0 Å². The van der Waals surface area contributed by atoms with Crippen LogP contribution in [-0.2, 0) is 13.0 Å². The Kier molecular flexibility index (Phi) is 4.42. The Balaban J connectivity index is 2.27. The fraction of sp³-hybridized carbons (Fsp3) is 0.385. The van der Waals surface area contributed by atoms with Gasteiger partial charge in [-0.15, -0.1) is 11.3 Å². The number of nitrogens with two attached hydrogens (primary N) is 1. The fourth-order valence-electron chi connectivity index (χ4n) is 1.84. The minimum absolute atomic E-state index is 0.570. The molecule has 0 atom stereocenters. The molecule has 2 N–H and O–H groups in total. The molecule has 0 aromatic carbocycles. The summed E-state index contributed by atoms with van der Waals surface area (Å²) in [5, 5.41) is 2.09. The molecule has 0 unspecified atom stereocenters. The molecule has 0 fully saturated rings. The molecule has 0 amide bonds. The number of aromatic nitrogens is 2. The second kappa shape index (κ2) is 5.88. The third-order valence-corrected chi connectivity index (χ3v) is 4.58. The maximum Gasteiger partial charge on any atom is 0.137 e. The van der Waals surface area contributed by atoms with Gasteiger partial charge in [0, 0.05) is 33.8 Å². The van der Waals surface area contributed by atoms with Crippen molar-refractivity contribution in [1.29, 1.82) is 0 Å². The smallest absolute Gasteiger partial charge is 0.137 e. The lowest BCUT2D eigenvalue weighted by Gasteiger charge is -2.20. The molecule has 6 heteroatoms. The third kappa shape index (κ3) is 3.25. The van der Waals surface area contributed by atoms with E-state index in [1.165, 1.54) is 4.88 Å². The van der Waals surface area contributed by atoms with E-state index < -0.39 is 0 Å². The third-order valence-electron chi connectivity index (χ3n) is 2.90. The highest BCUT2D eigenvalue weighted by atomic mass is 79.9. The second-order valence-corrected chi connectivity index (χ2v) is 6.33. The second-order valence-electron chi connectivity index (χ2n) is 4.41. The Labute approximate surface area is 125 Å². The van der Waals surface area contributed by atoms with E-state index in [0.29, 0.717) is 5.82 Å². The van der Waals surface area contributed by atoms with Crippen molar-refractivity contribution >= 4 is 38.9 Å². The number of nitrogen functional groups attached to an aromatic ring is 1. The summed E-state index contributed by atoms with van der Waals surface area (Å²) in [5.41, 5.74) is 6.89. The Morgan fingerprint density at radius 3 is 2.74 bits per heavy atom. The van der Waals surface area contributed by atoms with Gasteiger partial charge in [-0.25, -0.2) is 9.97 Å². The summed E-state index contributed by atoms with van der Waals surface area (Å²) < 4.78 is 1.12. The van der Waals surface area contributed by atoms with Crippen molar-refractivity contribution in [3.8, 4) is 0 Å². The lowest BCUT2D eigenvalue weighted by atomic mass is 10.2. The minimum Gasteiger partial charge on any atom is -0.383 e. The number of hydrogen-bond donors (Lipinski definition) is 1. The minimum atomic E-state index is 0.570. The Morgan fingerprint density at radius 1 is 1.42 bits per heavy atom. The number of halogens is 1. The summed E-state index contributed by atoms with van der Waals surface area (Å²) in [6, 6.07) is 2.13. The molecule has 2 aromatic heterocycles. The van der Waals surface area contributed by atoms with E-state index in [-0.39, 0.29) is 0 Å². The average Bonchev–Trinajstić information content (AvgIpc) is 2.77. The van der Waals surface area contributed by atoms with E-state index in [2.05, 4.69) is 42.2 Å². The topological polar surface area (TPSA) is 55.0 Å². The lowest BCUT2D eigenvalue weighted by molar-refractivity contribution is 0.860. The standard InChI is InChI=1S/C13H17BrN4S/c1-4-11-16-12(15)8(2)13(17-11)18(3)6-10-5-9(14)7-19-10/h5,7H,4,6H2,1-3H3,(H2,15,16,17). The SMILES string of the molecule is CCc1nc(N)c(C)c(N(C)Cc2cc(Br)cs2)n1. The van der Waals surface area contributed by atoms with E-state index in [0.717, 1.165) is 34.6 Å². The fourth-order valence-corrected chi connectivity index (χ4v) is 3.35. The summed E-state index contributed by atoms with van der Waals surface area (Å²) in [6.07, 6.45) is 0.788. The monoisotopic (exact) mass is 340 g/mol. The van der Waals surface area contributed by atoms with Gasteiger partial charge in [-0.1, -0.05) is 6.92 Å². The molecule has 0 bridgehead atoms. The van der Waals surface area contributed by atoms with Crippen LogP contribution in [-0.4, -0.2) is 17.0 Å². The van der Waals surface area contributed by atoms with Crippen molar-refractivity contribution in [2.24, 2.45) is 0 Å². The van der Waals surface area contributed by atoms with Crippen LogP contribution < -0.4 is 10.6 Å². The van der Waals surface area contributed by atoms with Crippen molar-refractivity contribution in [2.45, 2.75) is 26.8 Å². The van der Waals surface area contributed by atoms with Gasteiger partial charge in [0.25, 0.3) is 0 Å². The van der Waals surface area contributed by atoms with Crippen LogP contribution in [0.3, 0.4) is 0 Å². The molecular weight excluding hydrogens is 324 g/mol. The predicted octanol–water partition coefficient (Wildman–Crippen LogP) is 3.39. The molecule has 0 radical (unpaired) electrons. The number of thiophene rings is 1. The first-order valence-electron chi connectivity index (χ1n) is 6.08. The Bertz CT molecular complexity index is 582. The van der Waals surface area contributed by atoms with Gasteiger partial charge in [0.2, 0.25) is 0 Å². The predicted molar refractivity (Wildman–Crippen MR) is 84.7 cm³/mol. The molecule has 0 saturated carbocycles. The molecule has 19 heavy (non-hydrogen) atoms. The van der Waals surface area contributed by atoms with Gasteiger partial charge >= 0.3 is 0 Å². The van der Waals surface area contributed by atoms with Gasteiger partial charge in [0.15, 0.2) is 0 Å². The molecule has 0 aliphatic carbocycles. The molecule has 0 aliphatic heterocycles. The van der Waals surface area contributed by atoms with Crippen molar-refractivity contribution in [1.82, 2.24) is 9.97 Å². The zero-order chi connectivity index (χ0) is 14.0. The summed E-state index contributed by atoms with van der Waals surface area (Å²) in [6.45, 7) is 4.81. The van der Waals surface area contributed by atoms with Crippen LogP contribution in [0.4, 0.5) is 11.6 Å². The van der Waals surface area contributed by atoms with E-state index in [4.69, 9.17) is 5.73 Å². The molecule has 4 nitrogen and oxygen atoms in total. The first kappa shape index (κ1) is 14.3. The van der Waals surface area contributed by atoms with Crippen molar-refractivity contribution < 1.29 is 0 Å². The highest BCUT2D eigenvalue weighted by Crippen LogP contribution is 2.25. The number of aryl methyl sites for hydroxylation is 1. The van der Waals surface area contributed by atoms with E-state index >= 15 is 0 Å². The molecule has 0 aliphatic rings. The molecule has 2 heterocycles. The molecule has 0 spiro atoms. The lowest BCUT2D eigenvalue weighted by Crippen LogP contribution is -2.20. The maximum atomic E-state index is 5.95. The van der Waals surface area contributed by atoms with Crippen molar-refractivity contribution in [3.05, 3.63) is 32.2 Å². The first-order chi connectivity index (χ1) is 9.01. The van der Waals surface area contributed by atoms with Gasteiger partial charge in [0.1, 0.15) is 17.5 Å². The quantitative estimate of drug-likeness (QED) is 0.926. The normalized spacial score (nSPS) is 10.7. The molecule has 2 rings (SSSR count). The molecular formula is C13H17BrN4S. The number of hydrogen-bond acceptors (Lipinski definition) is 5. The van der Waals surface area contributed by atoms with Crippen LogP contribution in [0.1, 0.15) is 23.2 Å². The van der Waals surface area contributed by atoms with E-state index in [1.807, 2.05) is 20.9 Å². The van der Waals surface area contributed by atoms with E-state index in [9.17, 15) is 0 Å². The van der Waals surface area contributed by atoms with Gasteiger partial charge < -0.3 is 10.6 Å². The summed E-state index contributed by atoms with van der Waals surface area (Å²) in [7, 11) is 2.03. The summed E-state index contributed by atoms with van der Waals surface area (Å²) in [5.74, 6) is 2.27. The van der Waals surface area contributed by atoms with Crippen LogP contribution in [0.5, 0.6) is 0 Å². The molecule has 102 valence electrons. The van der Waals surface area contributed by atoms with Crippen LogP contribution in [0.25, 0.3) is 0 Å². The number of anilines is 2. The van der Waals surface area contributed by atoms with Gasteiger partial charge in [-0.05, 0) is 28.9 Å². The zero-order valence-electron chi connectivity index (χ0n) is 11.3. The zero-order valence-corrected chi connectivity index (χ0v) is 13.7. The van der Waals surface area contributed by atoms with Crippen molar-refractivity contribution in [3.63, 3.8) is 0 Å². The van der Waals surface area contributed by atoms with E-state index in [1.54, 1.807) is 11.3 Å². The van der Waals surface area contributed by atoms with Crippen molar-refractivity contribution in [2.75, 3.05) is 17.7 Å². The summed E-state index contributed by atoms with van der Waals surface area (Å²) >= 11 is 5.20. The largest absolute Gasteiger partial charge is 0.383 e. The Hall–Kier alpha value is -1.14. The van der Waals surface area contributed by atoms with Crippen LogP contribution in [0.15, 0.2) is 15.9 Å². The number of rotatable bonds is 4. The highest BCUT2D eigenvalue weighted by Gasteiger charge is 2.13.